The van der Waals surface area contributed by atoms with E-state index in [1.165, 1.54) is 0 Å². The van der Waals surface area contributed by atoms with Crippen molar-refractivity contribution in [3.63, 3.8) is 0 Å². The number of hydrogen-bond donors (Lipinski definition) is 4. The highest BCUT2D eigenvalue weighted by Gasteiger charge is 2.10. The lowest BCUT2D eigenvalue weighted by Crippen LogP contribution is -2.27. The Morgan fingerprint density at radius 3 is 2.67 bits per heavy atom. The van der Waals surface area contributed by atoms with E-state index in [2.05, 4.69) is 10.7 Å². The maximum atomic E-state index is 11.9. The van der Waals surface area contributed by atoms with E-state index in [0.717, 1.165) is 5.56 Å². The third-order valence-electron chi connectivity index (χ3n) is 2.46. The van der Waals surface area contributed by atoms with Crippen LogP contribution in [0.25, 0.3) is 0 Å². The zero-order valence-corrected chi connectivity index (χ0v) is 10.3. The normalized spacial score (nSPS) is 9.89. The van der Waals surface area contributed by atoms with Crippen molar-refractivity contribution in [1.82, 2.24) is 5.32 Å². The lowest BCUT2D eigenvalue weighted by atomic mass is 10.1. The molecule has 1 aromatic rings. The van der Waals surface area contributed by atoms with Crippen molar-refractivity contribution >= 4 is 17.5 Å². The molecule has 6 nitrogen and oxygen atoms in total. The van der Waals surface area contributed by atoms with Crippen molar-refractivity contribution in [1.29, 1.82) is 0 Å². The van der Waals surface area contributed by atoms with Crippen LogP contribution in [0.5, 0.6) is 0 Å². The van der Waals surface area contributed by atoms with Crippen molar-refractivity contribution in [2.75, 3.05) is 12.0 Å². The molecule has 0 aromatic heterocycles. The highest BCUT2D eigenvalue weighted by molar-refractivity contribution is 5.99. The number of rotatable bonds is 6. The summed E-state index contributed by atoms with van der Waals surface area (Å²) in [6.45, 7) is 2.31. The summed E-state index contributed by atoms with van der Waals surface area (Å²) in [6.07, 6.45) is 0.786. The summed E-state index contributed by atoms with van der Waals surface area (Å²) in [6, 6.07) is 5.32. The summed E-state index contributed by atoms with van der Waals surface area (Å²) in [5.41, 5.74) is 9.55. The number of aryl methyl sites for hydroxylation is 1. The number of carbonyl (C=O) groups excluding carboxylic acids is 2. The van der Waals surface area contributed by atoms with Crippen LogP contribution in [0, 0.1) is 6.92 Å². The van der Waals surface area contributed by atoms with E-state index in [0.29, 0.717) is 24.2 Å². The molecule has 18 heavy (non-hydrogen) atoms. The minimum atomic E-state index is -0.371. The van der Waals surface area contributed by atoms with Crippen LogP contribution in [0.4, 0.5) is 5.69 Å². The van der Waals surface area contributed by atoms with Crippen LogP contribution in [0.1, 0.15) is 28.8 Å². The summed E-state index contributed by atoms with van der Waals surface area (Å²) in [5.74, 6) is 4.76. The number of carbonyl (C=O) groups is 2. The van der Waals surface area contributed by atoms with Gasteiger partial charge in [-0.3, -0.25) is 15.4 Å². The maximum absolute atomic E-state index is 11.9. The van der Waals surface area contributed by atoms with Crippen molar-refractivity contribution in [3.05, 3.63) is 29.3 Å². The molecule has 6 heteroatoms. The number of anilines is 1. The van der Waals surface area contributed by atoms with E-state index >= 15 is 0 Å². The lowest BCUT2D eigenvalue weighted by Gasteiger charge is -2.10. The molecule has 0 heterocycles. The average Bonchev–Trinajstić information content (AvgIpc) is 2.33. The second-order valence-electron chi connectivity index (χ2n) is 4.02. The van der Waals surface area contributed by atoms with Crippen molar-refractivity contribution < 1.29 is 9.59 Å². The quantitative estimate of drug-likeness (QED) is 0.330. The molecular formula is C12H18N4O2. The Kier molecular flexibility index (Phi) is 5.13. The Labute approximate surface area is 106 Å². The molecule has 0 saturated heterocycles. The maximum Gasteiger partial charge on any atom is 0.253 e. The number of benzene rings is 1. The number of amides is 2. The summed E-state index contributed by atoms with van der Waals surface area (Å²) in [4.78, 5) is 22.4. The third kappa shape index (κ3) is 4.06. The van der Waals surface area contributed by atoms with E-state index < -0.39 is 0 Å². The van der Waals surface area contributed by atoms with Gasteiger partial charge in [0.1, 0.15) is 0 Å². The summed E-state index contributed by atoms with van der Waals surface area (Å²) in [5, 5.41) is 2.71. The van der Waals surface area contributed by atoms with Crippen molar-refractivity contribution in [3.8, 4) is 0 Å². The average molecular weight is 250 g/mol. The largest absolute Gasteiger partial charge is 0.370 e. The molecule has 0 radical (unpaired) electrons. The first kappa shape index (κ1) is 14.0. The summed E-state index contributed by atoms with van der Waals surface area (Å²) >= 11 is 0. The van der Waals surface area contributed by atoms with Gasteiger partial charge in [-0.05, 0) is 31.0 Å². The fraction of sp³-hybridized carbons (Fsp3) is 0.333. The fourth-order valence-corrected chi connectivity index (χ4v) is 1.54. The Bertz CT molecular complexity index is 446. The number of nitrogens with two attached hydrogens (primary N) is 2. The van der Waals surface area contributed by atoms with Crippen LogP contribution in [0.2, 0.25) is 0 Å². The molecule has 0 aliphatic heterocycles. The molecule has 0 fully saturated rings. The topological polar surface area (TPSA) is 110 Å². The molecule has 0 bridgehead atoms. The minimum Gasteiger partial charge on any atom is -0.370 e. The van der Waals surface area contributed by atoms with Gasteiger partial charge < -0.3 is 16.5 Å². The number of hydrazine groups is 1. The predicted octanol–water partition coefficient (Wildman–Crippen LogP) is 0.276. The van der Waals surface area contributed by atoms with Crippen LogP contribution in [-0.4, -0.2) is 18.4 Å². The Hall–Kier alpha value is -2.08. The smallest absolute Gasteiger partial charge is 0.253 e. The number of hydrogen-bond acceptors (Lipinski definition) is 4. The third-order valence-corrected chi connectivity index (χ3v) is 2.46. The molecule has 0 saturated carbocycles. The Morgan fingerprint density at radius 2 is 2.06 bits per heavy atom. The van der Waals surface area contributed by atoms with Gasteiger partial charge in [-0.1, -0.05) is 6.07 Å². The molecule has 1 rings (SSSR count). The molecule has 1 aromatic carbocycles. The number of nitrogen functional groups attached to an aromatic ring is 1. The Morgan fingerprint density at radius 1 is 1.33 bits per heavy atom. The van der Waals surface area contributed by atoms with E-state index in [4.69, 9.17) is 11.6 Å². The van der Waals surface area contributed by atoms with Crippen LogP contribution in [0.3, 0.4) is 0 Å². The molecule has 0 atom stereocenters. The van der Waals surface area contributed by atoms with Gasteiger partial charge in [0.05, 0.1) is 11.3 Å². The summed E-state index contributed by atoms with van der Waals surface area (Å²) < 4.78 is 0. The lowest BCUT2D eigenvalue weighted by molar-refractivity contribution is -0.118. The Balaban J connectivity index is 2.58. The molecule has 6 N–H and O–H groups in total. The second-order valence-corrected chi connectivity index (χ2v) is 4.02. The van der Waals surface area contributed by atoms with Gasteiger partial charge in [0.15, 0.2) is 0 Å². The molecule has 98 valence electrons. The monoisotopic (exact) mass is 250 g/mol. The van der Waals surface area contributed by atoms with Crippen LogP contribution in [0.15, 0.2) is 18.2 Å². The highest BCUT2D eigenvalue weighted by Crippen LogP contribution is 2.16. The van der Waals surface area contributed by atoms with Crippen LogP contribution in [-0.2, 0) is 4.79 Å². The van der Waals surface area contributed by atoms with E-state index in [1.807, 2.05) is 13.0 Å². The van der Waals surface area contributed by atoms with Gasteiger partial charge in [-0.25, -0.2) is 0 Å². The van der Waals surface area contributed by atoms with Gasteiger partial charge in [-0.15, -0.1) is 0 Å². The fourth-order valence-electron chi connectivity index (χ4n) is 1.54. The standard InChI is InChI=1S/C12H18N4O2/c1-8-4-5-9(10(7-8)16-14)12(18)15-6-2-3-11(13)17/h4-5,7,16H,2-3,6,14H2,1H3,(H2,13,17)(H,15,18). The second kappa shape index (κ2) is 6.61. The molecule has 0 aliphatic carbocycles. The SMILES string of the molecule is Cc1ccc(C(=O)NCCCC(N)=O)c(NN)c1. The molecule has 0 unspecified atom stereocenters. The van der Waals surface area contributed by atoms with Crippen LogP contribution >= 0.6 is 0 Å². The zero-order valence-electron chi connectivity index (χ0n) is 10.3. The first-order valence-corrected chi connectivity index (χ1v) is 5.68. The first-order chi connectivity index (χ1) is 8.54. The molecular weight excluding hydrogens is 232 g/mol. The van der Waals surface area contributed by atoms with Gasteiger partial charge in [0.25, 0.3) is 5.91 Å². The molecule has 0 spiro atoms. The number of nitrogens with one attached hydrogen (secondary N) is 2. The van der Waals surface area contributed by atoms with Gasteiger partial charge >= 0.3 is 0 Å². The molecule has 2 amide bonds. The van der Waals surface area contributed by atoms with E-state index in [9.17, 15) is 9.59 Å². The van der Waals surface area contributed by atoms with Crippen molar-refractivity contribution in [2.45, 2.75) is 19.8 Å². The number of primary amides is 1. The van der Waals surface area contributed by atoms with E-state index in [-0.39, 0.29) is 18.2 Å². The van der Waals surface area contributed by atoms with E-state index in [1.54, 1.807) is 12.1 Å². The van der Waals surface area contributed by atoms with Crippen LogP contribution < -0.4 is 22.3 Å². The highest BCUT2D eigenvalue weighted by atomic mass is 16.2. The summed E-state index contributed by atoms with van der Waals surface area (Å²) in [7, 11) is 0. The zero-order chi connectivity index (χ0) is 13.5. The van der Waals surface area contributed by atoms with Crippen molar-refractivity contribution in [2.24, 2.45) is 11.6 Å². The van der Waals surface area contributed by atoms with Gasteiger partial charge in [0.2, 0.25) is 5.91 Å². The van der Waals surface area contributed by atoms with Gasteiger partial charge in [-0.2, -0.15) is 0 Å². The van der Waals surface area contributed by atoms with Gasteiger partial charge in [0, 0.05) is 13.0 Å². The molecule has 0 aliphatic rings. The minimum absolute atomic E-state index is 0.229. The predicted molar refractivity (Wildman–Crippen MR) is 69.8 cm³/mol. The first-order valence-electron chi connectivity index (χ1n) is 5.68.